The number of ether oxygens (including phenoxy) is 1. The number of methoxy groups -OCH3 is 1. The zero-order valence-corrected chi connectivity index (χ0v) is 14.0. The molecule has 0 fully saturated rings. The van der Waals surface area contributed by atoms with Crippen LogP contribution in [0.5, 0.6) is 0 Å². The van der Waals surface area contributed by atoms with Gasteiger partial charge in [-0.2, -0.15) is 0 Å². The Bertz CT molecular complexity index is 785. The summed E-state index contributed by atoms with van der Waals surface area (Å²) in [5.41, 5.74) is 2.82. The third-order valence-corrected chi connectivity index (χ3v) is 6.00. The summed E-state index contributed by atoms with van der Waals surface area (Å²) in [5.74, 6) is 0.497. The van der Waals surface area contributed by atoms with Crippen molar-refractivity contribution in [3.05, 3.63) is 52.9 Å². The van der Waals surface area contributed by atoms with Gasteiger partial charge in [-0.15, -0.1) is 0 Å². The molecule has 0 spiro atoms. The number of aromatic nitrogens is 1. The van der Waals surface area contributed by atoms with Crippen molar-refractivity contribution < 1.29 is 17.7 Å². The Balaban J connectivity index is 1.79. The van der Waals surface area contributed by atoms with E-state index in [1.54, 1.807) is 20.1 Å². The van der Waals surface area contributed by atoms with Gasteiger partial charge in [-0.25, -0.2) is 13.1 Å². The maximum absolute atomic E-state index is 12.7. The van der Waals surface area contributed by atoms with Crippen molar-refractivity contribution in [1.29, 1.82) is 0 Å². The van der Waals surface area contributed by atoms with Crippen LogP contribution in [0.4, 0.5) is 0 Å². The van der Waals surface area contributed by atoms with E-state index in [2.05, 4.69) is 9.88 Å². The van der Waals surface area contributed by atoms with Gasteiger partial charge in [0.1, 0.15) is 11.4 Å². The van der Waals surface area contributed by atoms with Crippen molar-refractivity contribution in [2.45, 2.75) is 37.7 Å². The highest BCUT2D eigenvalue weighted by molar-refractivity contribution is 7.90. The van der Waals surface area contributed by atoms with Gasteiger partial charge >= 0.3 is 0 Å². The van der Waals surface area contributed by atoms with Crippen LogP contribution < -0.4 is 4.72 Å². The Hall–Kier alpha value is -1.70. The fourth-order valence-corrected chi connectivity index (χ4v) is 4.63. The molecule has 0 radical (unpaired) electrons. The zero-order chi connectivity index (χ0) is 16.4. The molecule has 1 aliphatic rings. The molecule has 0 saturated carbocycles. The minimum atomic E-state index is -3.54. The highest BCUT2D eigenvalue weighted by Crippen LogP contribution is 2.35. The van der Waals surface area contributed by atoms with Crippen LogP contribution in [0.1, 0.15) is 35.1 Å². The van der Waals surface area contributed by atoms with Crippen molar-refractivity contribution in [3.63, 3.8) is 0 Å². The molecule has 124 valence electrons. The zero-order valence-electron chi connectivity index (χ0n) is 13.2. The Morgan fingerprint density at radius 2 is 2.17 bits per heavy atom. The van der Waals surface area contributed by atoms with Gasteiger partial charge in [0.05, 0.1) is 12.2 Å². The lowest BCUT2D eigenvalue weighted by Crippen LogP contribution is -2.41. The van der Waals surface area contributed by atoms with E-state index in [-0.39, 0.29) is 6.54 Å². The van der Waals surface area contributed by atoms with Gasteiger partial charge in [0.15, 0.2) is 5.76 Å². The molecule has 0 amide bonds. The molecule has 1 aromatic carbocycles. The Labute approximate surface area is 135 Å². The van der Waals surface area contributed by atoms with E-state index < -0.39 is 21.4 Å². The number of hydrogen-bond donors (Lipinski definition) is 1. The average Bonchev–Trinajstić information content (AvgIpc) is 2.97. The molecule has 0 saturated heterocycles. The van der Waals surface area contributed by atoms with Crippen LogP contribution in [-0.4, -0.2) is 25.9 Å². The smallest absolute Gasteiger partial charge is 0.217 e. The first kappa shape index (κ1) is 16.2. The van der Waals surface area contributed by atoms with Crippen molar-refractivity contribution in [2.24, 2.45) is 0 Å². The molecular formula is C16H20N2O4S. The summed E-state index contributed by atoms with van der Waals surface area (Å²) in [5, 5.41) is 3.14. The molecule has 0 unspecified atom stereocenters. The first-order chi connectivity index (χ1) is 11.0. The van der Waals surface area contributed by atoms with E-state index in [1.807, 2.05) is 24.3 Å². The number of rotatable bonds is 5. The van der Waals surface area contributed by atoms with Crippen molar-refractivity contribution in [2.75, 3.05) is 7.11 Å². The molecule has 23 heavy (non-hydrogen) atoms. The van der Waals surface area contributed by atoms with Gasteiger partial charge in [-0.1, -0.05) is 29.4 Å². The van der Waals surface area contributed by atoms with Crippen LogP contribution >= 0.6 is 0 Å². The van der Waals surface area contributed by atoms with Gasteiger partial charge in [0, 0.05) is 13.2 Å². The first-order valence-electron chi connectivity index (χ1n) is 7.52. The molecule has 6 nitrogen and oxygen atoms in total. The summed E-state index contributed by atoms with van der Waals surface area (Å²) in [6, 6.07) is 9.54. The summed E-state index contributed by atoms with van der Waals surface area (Å²) < 4.78 is 38.6. The molecular weight excluding hydrogens is 316 g/mol. The summed E-state index contributed by atoms with van der Waals surface area (Å²) in [6.45, 7) is 1.89. The van der Waals surface area contributed by atoms with Crippen LogP contribution in [-0.2, 0) is 27.7 Å². The topological polar surface area (TPSA) is 81.4 Å². The van der Waals surface area contributed by atoms with Crippen molar-refractivity contribution >= 4 is 10.0 Å². The summed E-state index contributed by atoms with van der Waals surface area (Å²) >= 11 is 0. The fraction of sp³-hybridized carbons (Fsp3) is 0.438. The highest BCUT2D eigenvalue weighted by Gasteiger charge is 2.38. The molecule has 1 heterocycles. The molecule has 2 atom stereocenters. The molecule has 1 aliphatic carbocycles. The second-order valence-electron chi connectivity index (χ2n) is 5.73. The van der Waals surface area contributed by atoms with Crippen LogP contribution in [0, 0.1) is 6.92 Å². The summed E-state index contributed by atoms with van der Waals surface area (Å²) in [7, 11) is -1.99. The predicted octanol–water partition coefficient (Wildman–Crippen LogP) is 2.10. The van der Waals surface area contributed by atoms with E-state index in [9.17, 15) is 8.42 Å². The van der Waals surface area contributed by atoms with Gasteiger partial charge in [-0.3, -0.25) is 0 Å². The monoisotopic (exact) mass is 336 g/mol. The molecule has 7 heteroatoms. The van der Waals surface area contributed by atoms with E-state index in [0.29, 0.717) is 12.2 Å². The molecule has 0 aliphatic heterocycles. The van der Waals surface area contributed by atoms with Gasteiger partial charge in [-0.05, 0) is 30.9 Å². The number of aryl methyl sites for hydroxylation is 2. The molecule has 2 aromatic rings. The van der Waals surface area contributed by atoms with Gasteiger partial charge in [0.2, 0.25) is 10.0 Å². The summed E-state index contributed by atoms with van der Waals surface area (Å²) in [6.07, 6.45) is 0.789. The highest BCUT2D eigenvalue weighted by atomic mass is 32.2. The Kier molecular flexibility index (Phi) is 4.52. The van der Waals surface area contributed by atoms with Crippen LogP contribution in [0.3, 0.4) is 0 Å². The minimum Gasteiger partial charge on any atom is -0.375 e. The van der Waals surface area contributed by atoms with E-state index in [4.69, 9.17) is 9.26 Å². The quantitative estimate of drug-likeness (QED) is 0.904. The number of benzene rings is 1. The number of sulfonamides is 1. The molecule has 1 N–H and O–H groups in total. The van der Waals surface area contributed by atoms with E-state index in [1.165, 1.54) is 0 Å². The largest absolute Gasteiger partial charge is 0.375 e. The van der Waals surface area contributed by atoms with Gasteiger partial charge in [0.25, 0.3) is 0 Å². The summed E-state index contributed by atoms with van der Waals surface area (Å²) in [4.78, 5) is 0. The number of fused-ring (bicyclic) bond motifs is 1. The third-order valence-electron chi connectivity index (χ3n) is 4.17. The van der Waals surface area contributed by atoms with Gasteiger partial charge < -0.3 is 9.26 Å². The second kappa shape index (κ2) is 6.43. The van der Waals surface area contributed by atoms with Crippen LogP contribution in [0.25, 0.3) is 0 Å². The SMILES string of the molecule is CO[C@H]1c2ccccc2CC[C@@H]1S(=O)(=O)NCc1cc(C)no1. The fourth-order valence-electron chi connectivity index (χ4n) is 3.06. The molecule has 1 aromatic heterocycles. The number of nitrogens with one attached hydrogen (secondary N) is 1. The second-order valence-corrected chi connectivity index (χ2v) is 7.72. The third kappa shape index (κ3) is 3.31. The number of hydrogen-bond acceptors (Lipinski definition) is 5. The van der Waals surface area contributed by atoms with Crippen LogP contribution in [0.2, 0.25) is 0 Å². The van der Waals surface area contributed by atoms with E-state index in [0.717, 1.165) is 23.2 Å². The normalized spacial score (nSPS) is 21.1. The molecule has 0 bridgehead atoms. The average molecular weight is 336 g/mol. The lowest BCUT2D eigenvalue weighted by molar-refractivity contribution is 0.0904. The Morgan fingerprint density at radius 1 is 1.39 bits per heavy atom. The Morgan fingerprint density at radius 3 is 2.87 bits per heavy atom. The maximum atomic E-state index is 12.7. The minimum absolute atomic E-state index is 0.0950. The molecule has 3 rings (SSSR count). The predicted molar refractivity (Wildman–Crippen MR) is 85.3 cm³/mol. The lowest BCUT2D eigenvalue weighted by atomic mass is 9.89. The van der Waals surface area contributed by atoms with Crippen LogP contribution in [0.15, 0.2) is 34.9 Å². The first-order valence-corrected chi connectivity index (χ1v) is 9.07. The standard InChI is InChI=1S/C16H20N2O4S/c1-11-9-13(22-18-11)10-17-23(19,20)15-8-7-12-5-3-4-6-14(12)16(15)21-2/h3-6,9,15-17H,7-8,10H2,1-2H3/t15-,16-/m0/s1. The number of nitrogens with zero attached hydrogens (tertiary/aromatic N) is 1. The maximum Gasteiger partial charge on any atom is 0.217 e. The van der Waals surface area contributed by atoms with Crippen molar-refractivity contribution in [1.82, 2.24) is 9.88 Å². The lowest BCUT2D eigenvalue weighted by Gasteiger charge is -2.32. The van der Waals surface area contributed by atoms with E-state index >= 15 is 0 Å². The van der Waals surface area contributed by atoms with Crippen molar-refractivity contribution in [3.8, 4) is 0 Å².